The van der Waals surface area contributed by atoms with E-state index in [1.165, 1.54) is 0 Å². The molecule has 0 atom stereocenters. The van der Waals surface area contributed by atoms with E-state index >= 15 is 0 Å². The molecule has 0 saturated carbocycles. The van der Waals surface area contributed by atoms with Gasteiger partial charge in [-0.3, -0.25) is 4.98 Å². The Morgan fingerprint density at radius 2 is 1.74 bits per heavy atom. The van der Waals surface area contributed by atoms with Gasteiger partial charge in [0.1, 0.15) is 0 Å². The van der Waals surface area contributed by atoms with Crippen LogP contribution in [0.25, 0.3) is 16.9 Å². The summed E-state index contributed by atoms with van der Waals surface area (Å²) < 4.78 is 1.79. The zero-order valence-corrected chi connectivity index (χ0v) is 13.0. The maximum atomic E-state index is 4.67. The van der Waals surface area contributed by atoms with Gasteiger partial charge in [-0.25, -0.2) is 0 Å². The number of rotatable bonds is 4. The predicted molar refractivity (Wildman–Crippen MR) is 90.0 cm³/mol. The number of hydrogen-bond donors (Lipinski definition) is 0. The SMILES string of the molecule is c1ccc(-c2ccc3nnc(SCc4ccccn4)n3n2)cc1. The Kier molecular flexibility index (Phi) is 3.73. The van der Waals surface area contributed by atoms with Crippen molar-refractivity contribution >= 4 is 17.4 Å². The zero-order chi connectivity index (χ0) is 15.5. The van der Waals surface area contributed by atoms with Crippen LogP contribution in [0.2, 0.25) is 0 Å². The Morgan fingerprint density at radius 3 is 2.57 bits per heavy atom. The standard InChI is InChI=1S/C17H13N5S/c1-2-6-13(7-3-1)15-9-10-16-19-20-17(22(16)21-15)23-12-14-8-4-5-11-18-14/h1-11H,12H2. The third-order valence-corrected chi connectivity index (χ3v) is 4.33. The minimum atomic E-state index is 0.735. The molecule has 0 N–H and O–H groups in total. The Balaban J connectivity index is 1.65. The lowest BCUT2D eigenvalue weighted by molar-refractivity contribution is 0.812. The van der Waals surface area contributed by atoms with Crippen molar-refractivity contribution in [2.24, 2.45) is 0 Å². The molecule has 23 heavy (non-hydrogen) atoms. The average molecular weight is 319 g/mol. The van der Waals surface area contributed by atoms with Crippen LogP contribution in [-0.4, -0.2) is 24.8 Å². The monoisotopic (exact) mass is 319 g/mol. The third kappa shape index (κ3) is 2.93. The zero-order valence-electron chi connectivity index (χ0n) is 12.2. The Hall–Kier alpha value is -2.73. The number of nitrogens with zero attached hydrogens (tertiary/aromatic N) is 5. The summed E-state index contributed by atoms with van der Waals surface area (Å²) in [5.41, 5.74) is 3.73. The Labute approximate surface area is 137 Å². The smallest absolute Gasteiger partial charge is 0.212 e. The number of benzene rings is 1. The van der Waals surface area contributed by atoms with E-state index in [1.54, 1.807) is 22.5 Å². The van der Waals surface area contributed by atoms with Gasteiger partial charge in [0.15, 0.2) is 5.65 Å². The molecule has 0 saturated heterocycles. The van der Waals surface area contributed by atoms with Crippen molar-refractivity contribution < 1.29 is 0 Å². The van der Waals surface area contributed by atoms with Crippen molar-refractivity contribution in [2.45, 2.75) is 10.9 Å². The van der Waals surface area contributed by atoms with E-state index in [4.69, 9.17) is 0 Å². The molecular weight excluding hydrogens is 306 g/mol. The van der Waals surface area contributed by atoms with Crippen molar-refractivity contribution in [1.82, 2.24) is 24.8 Å². The molecule has 0 radical (unpaired) electrons. The minimum absolute atomic E-state index is 0.735. The van der Waals surface area contributed by atoms with Crippen LogP contribution in [0.15, 0.2) is 72.0 Å². The van der Waals surface area contributed by atoms with Crippen LogP contribution in [-0.2, 0) is 5.75 Å². The molecule has 4 rings (SSSR count). The second-order valence-electron chi connectivity index (χ2n) is 4.95. The summed E-state index contributed by atoms with van der Waals surface area (Å²) in [4.78, 5) is 4.32. The topological polar surface area (TPSA) is 56.0 Å². The van der Waals surface area contributed by atoms with Crippen molar-refractivity contribution in [3.05, 3.63) is 72.6 Å². The predicted octanol–water partition coefficient (Wildman–Crippen LogP) is 3.48. The first kappa shape index (κ1) is 13.9. The van der Waals surface area contributed by atoms with Crippen molar-refractivity contribution in [1.29, 1.82) is 0 Å². The van der Waals surface area contributed by atoms with E-state index in [0.29, 0.717) is 0 Å². The molecule has 3 aromatic heterocycles. The summed E-state index contributed by atoms with van der Waals surface area (Å²) in [5.74, 6) is 0.735. The first-order chi connectivity index (χ1) is 11.4. The average Bonchev–Trinajstić information content (AvgIpc) is 3.04. The summed E-state index contributed by atoms with van der Waals surface area (Å²) in [7, 11) is 0. The first-order valence-electron chi connectivity index (χ1n) is 7.21. The lowest BCUT2D eigenvalue weighted by atomic mass is 10.1. The molecule has 3 heterocycles. The third-order valence-electron chi connectivity index (χ3n) is 3.38. The number of fused-ring (bicyclic) bond motifs is 1. The highest BCUT2D eigenvalue weighted by molar-refractivity contribution is 7.98. The van der Waals surface area contributed by atoms with Gasteiger partial charge >= 0.3 is 0 Å². The van der Waals surface area contributed by atoms with E-state index in [1.807, 2.05) is 60.7 Å². The van der Waals surface area contributed by atoms with Crippen LogP contribution in [0.3, 0.4) is 0 Å². The fourth-order valence-electron chi connectivity index (χ4n) is 2.24. The number of pyridine rings is 1. The van der Waals surface area contributed by atoms with Gasteiger partial charge < -0.3 is 0 Å². The molecule has 0 aliphatic heterocycles. The normalized spacial score (nSPS) is 11.0. The molecule has 0 unspecified atom stereocenters. The summed E-state index contributed by atoms with van der Waals surface area (Å²) in [6, 6.07) is 19.9. The van der Waals surface area contributed by atoms with Crippen LogP contribution in [0.1, 0.15) is 5.69 Å². The molecule has 0 aliphatic carbocycles. The van der Waals surface area contributed by atoms with Gasteiger partial charge in [0.2, 0.25) is 5.16 Å². The van der Waals surface area contributed by atoms with Gasteiger partial charge in [0.25, 0.3) is 0 Å². The molecule has 5 nitrogen and oxygen atoms in total. The van der Waals surface area contributed by atoms with E-state index in [2.05, 4.69) is 20.3 Å². The molecule has 6 heteroatoms. The molecule has 0 bridgehead atoms. The van der Waals surface area contributed by atoms with Crippen LogP contribution in [0, 0.1) is 0 Å². The highest BCUT2D eigenvalue weighted by atomic mass is 32.2. The van der Waals surface area contributed by atoms with E-state index < -0.39 is 0 Å². The quantitative estimate of drug-likeness (QED) is 0.539. The number of hydrogen-bond acceptors (Lipinski definition) is 5. The maximum absolute atomic E-state index is 4.67. The lowest BCUT2D eigenvalue weighted by Gasteiger charge is -2.03. The lowest BCUT2D eigenvalue weighted by Crippen LogP contribution is -1.96. The molecule has 0 spiro atoms. The molecule has 0 aliphatic rings. The summed E-state index contributed by atoms with van der Waals surface area (Å²) >= 11 is 1.58. The van der Waals surface area contributed by atoms with Crippen molar-refractivity contribution in [3.63, 3.8) is 0 Å². The van der Waals surface area contributed by atoms with Crippen molar-refractivity contribution in [3.8, 4) is 11.3 Å². The second kappa shape index (κ2) is 6.18. The van der Waals surface area contributed by atoms with E-state index in [-0.39, 0.29) is 0 Å². The number of thioether (sulfide) groups is 1. The highest BCUT2D eigenvalue weighted by Crippen LogP contribution is 2.22. The van der Waals surface area contributed by atoms with Gasteiger partial charge in [0, 0.05) is 17.5 Å². The second-order valence-corrected chi connectivity index (χ2v) is 5.89. The van der Waals surface area contributed by atoms with Gasteiger partial charge in [-0.1, -0.05) is 48.2 Å². The van der Waals surface area contributed by atoms with E-state index in [0.717, 1.165) is 33.5 Å². The Morgan fingerprint density at radius 1 is 0.870 bits per heavy atom. The number of aromatic nitrogens is 5. The molecule has 1 aromatic carbocycles. The first-order valence-corrected chi connectivity index (χ1v) is 8.19. The van der Waals surface area contributed by atoms with Gasteiger partial charge in [-0.2, -0.15) is 9.61 Å². The molecular formula is C17H13N5S. The van der Waals surface area contributed by atoms with Crippen LogP contribution >= 0.6 is 11.8 Å². The van der Waals surface area contributed by atoms with Gasteiger partial charge in [-0.15, -0.1) is 10.2 Å². The Bertz CT molecular complexity index is 922. The van der Waals surface area contributed by atoms with Crippen LogP contribution in [0.5, 0.6) is 0 Å². The van der Waals surface area contributed by atoms with Crippen LogP contribution in [0.4, 0.5) is 0 Å². The molecule has 112 valence electrons. The fourth-order valence-corrected chi connectivity index (χ4v) is 3.05. The highest BCUT2D eigenvalue weighted by Gasteiger charge is 2.09. The van der Waals surface area contributed by atoms with Crippen LogP contribution < -0.4 is 0 Å². The van der Waals surface area contributed by atoms with E-state index in [9.17, 15) is 0 Å². The molecule has 4 aromatic rings. The summed E-state index contributed by atoms with van der Waals surface area (Å²) in [6.07, 6.45) is 1.80. The fraction of sp³-hybridized carbons (Fsp3) is 0.0588. The molecule has 0 amide bonds. The molecule has 0 fully saturated rings. The van der Waals surface area contributed by atoms with Crippen molar-refractivity contribution in [2.75, 3.05) is 0 Å². The van der Waals surface area contributed by atoms with Gasteiger partial charge in [0.05, 0.1) is 11.4 Å². The minimum Gasteiger partial charge on any atom is -0.260 e. The maximum Gasteiger partial charge on any atom is 0.212 e. The van der Waals surface area contributed by atoms with Gasteiger partial charge in [-0.05, 0) is 24.3 Å². The summed E-state index contributed by atoms with van der Waals surface area (Å²) in [5, 5.41) is 13.8. The summed E-state index contributed by atoms with van der Waals surface area (Å²) in [6.45, 7) is 0. The largest absolute Gasteiger partial charge is 0.260 e.